The Balaban J connectivity index is 2.94. The highest BCUT2D eigenvalue weighted by Crippen LogP contribution is 2.37. The number of carbonyl (C=O) groups is 1. The largest absolute Gasteiger partial charge is 0.490 e. The fraction of sp³-hybridized carbons (Fsp3) is 0.462. The lowest BCUT2D eigenvalue weighted by molar-refractivity contribution is -0.122. The van der Waals surface area contributed by atoms with Gasteiger partial charge in [0.15, 0.2) is 11.5 Å². The number of ether oxygens (including phenoxy) is 2. The minimum Gasteiger partial charge on any atom is -0.490 e. The maximum atomic E-state index is 11.0. The lowest BCUT2D eigenvalue weighted by atomic mass is 10.2. The van der Waals surface area contributed by atoms with Crippen molar-refractivity contribution in [2.24, 2.45) is 11.7 Å². The van der Waals surface area contributed by atoms with Gasteiger partial charge in [0.1, 0.15) is 0 Å². The number of aliphatic hydroxyl groups is 1. The molecule has 0 radical (unpaired) electrons. The molecule has 0 aliphatic carbocycles. The molecule has 0 saturated heterocycles. The van der Waals surface area contributed by atoms with Gasteiger partial charge in [0, 0.05) is 0 Å². The van der Waals surface area contributed by atoms with Gasteiger partial charge in [-0.1, -0.05) is 6.92 Å². The summed E-state index contributed by atoms with van der Waals surface area (Å²) in [5, 5.41) is 9.16. The molecule has 6 heteroatoms. The molecular formula is C13H18BrNO4. The van der Waals surface area contributed by atoms with Crippen LogP contribution in [0.25, 0.3) is 0 Å². The lowest BCUT2D eigenvalue weighted by Gasteiger charge is -2.16. The zero-order valence-corrected chi connectivity index (χ0v) is 12.6. The van der Waals surface area contributed by atoms with Crippen LogP contribution in [0.1, 0.15) is 19.4 Å². The minimum atomic E-state index is -0.416. The van der Waals surface area contributed by atoms with E-state index in [2.05, 4.69) is 15.9 Å². The fourth-order valence-electron chi connectivity index (χ4n) is 1.41. The average Bonchev–Trinajstić information content (AvgIpc) is 2.37. The Morgan fingerprint density at radius 1 is 1.47 bits per heavy atom. The van der Waals surface area contributed by atoms with Gasteiger partial charge in [0.05, 0.1) is 30.2 Å². The van der Waals surface area contributed by atoms with E-state index in [1.54, 1.807) is 19.1 Å². The van der Waals surface area contributed by atoms with E-state index in [4.69, 9.17) is 20.3 Å². The van der Waals surface area contributed by atoms with Crippen LogP contribution in [0.4, 0.5) is 0 Å². The van der Waals surface area contributed by atoms with Crippen molar-refractivity contribution in [1.82, 2.24) is 0 Å². The van der Waals surface area contributed by atoms with Gasteiger partial charge in [-0.05, 0) is 40.5 Å². The number of rotatable bonds is 7. The first-order valence-corrected chi connectivity index (χ1v) is 6.77. The third-order valence-corrected chi connectivity index (χ3v) is 3.10. The van der Waals surface area contributed by atoms with Crippen LogP contribution in [0.2, 0.25) is 0 Å². The number of primary amides is 1. The number of hydrogen-bond acceptors (Lipinski definition) is 4. The van der Waals surface area contributed by atoms with Crippen molar-refractivity contribution in [3.05, 3.63) is 22.2 Å². The van der Waals surface area contributed by atoms with E-state index in [0.717, 1.165) is 0 Å². The predicted octanol–water partition coefficient (Wildman–Crippen LogP) is 1.84. The lowest BCUT2D eigenvalue weighted by Crippen LogP contribution is -2.26. The van der Waals surface area contributed by atoms with Crippen molar-refractivity contribution in [2.75, 3.05) is 13.2 Å². The summed E-state index contributed by atoms with van der Waals surface area (Å²) in [5.74, 6) is 0.227. The molecule has 0 spiro atoms. The molecule has 3 N–H and O–H groups in total. The summed E-state index contributed by atoms with van der Waals surface area (Å²) in [4.78, 5) is 11.0. The molecule has 5 nitrogen and oxygen atoms in total. The fourth-order valence-corrected chi connectivity index (χ4v) is 2.01. The minimum absolute atomic E-state index is 0.0867. The maximum absolute atomic E-state index is 11.0. The van der Waals surface area contributed by atoms with Crippen LogP contribution >= 0.6 is 15.9 Å². The van der Waals surface area contributed by atoms with Gasteiger partial charge in [0.2, 0.25) is 5.91 Å². The highest BCUT2D eigenvalue weighted by Gasteiger charge is 2.15. The van der Waals surface area contributed by atoms with Crippen molar-refractivity contribution < 1.29 is 19.4 Å². The van der Waals surface area contributed by atoms with E-state index in [1.807, 2.05) is 6.92 Å². The van der Waals surface area contributed by atoms with Crippen molar-refractivity contribution >= 4 is 21.8 Å². The summed E-state index contributed by atoms with van der Waals surface area (Å²) in [6, 6.07) is 3.45. The van der Waals surface area contributed by atoms with E-state index >= 15 is 0 Å². The monoisotopic (exact) mass is 331 g/mol. The van der Waals surface area contributed by atoms with Crippen molar-refractivity contribution in [2.45, 2.75) is 20.5 Å². The van der Waals surface area contributed by atoms with Crippen LogP contribution in [-0.2, 0) is 11.4 Å². The summed E-state index contributed by atoms with van der Waals surface area (Å²) in [6.45, 7) is 4.11. The number of amides is 1. The zero-order chi connectivity index (χ0) is 14.4. The molecule has 1 amide bonds. The molecular weight excluding hydrogens is 314 g/mol. The summed E-state index contributed by atoms with van der Waals surface area (Å²) < 4.78 is 11.7. The van der Waals surface area contributed by atoms with Gasteiger partial charge >= 0.3 is 0 Å². The van der Waals surface area contributed by atoms with Gasteiger partial charge in [-0.3, -0.25) is 4.79 Å². The van der Waals surface area contributed by atoms with E-state index in [9.17, 15) is 4.79 Å². The third-order valence-electron chi connectivity index (χ3n) is 2.52. The normalized spacial score (nSPS) is 12.0. The highest BCUT2D eigenvalue weighted by atomic mass is 79.9. The molecule has 19 heavy (non-hydrogen) atoms. The molecule has 0 aromatic heterocycles. The second-order valence-electron chi connectivity index (χ2n) is 4.11. The van der Waals surface area contributed by atoms with Crippen molar-refractivity contribution in [3.8, 4) is 11.5 Å². The molecule has 0 bridgehead atoms. The Morgan fingerprint density at radius 3 is 2.68 bits per heavy atom. The predicted molar refractivity (Wildman–Crippen MR) is 75.1 cm³/mol. The number of hydrogen-bond donors (Lipinski definition) is 2. The van der Waals surface area contributed by atoms with E-state index in [0.29, 0.717) is 28.1 Å². The Morgan fingerprint density at radius 2 is 2.16 bits per heavy atom. The second kappa shape index (κ2) is 7.35. The van der Waals surface area contributed by atoms with E-state index in [-0.39, 0.29) is 19.1 Å². The SMILES string of the molecule is CCOc1cc(CO)cc(Br)c1OCC(C)C(N)=O. The van der Waals surface area contributed by atoms with Gasteiger partial charge in [-0.2, -0.15) is 0 Å². The van der Waals surface area contributed by atoms with Crippen molar-refractivity contribution in [1.29, 1.82) is 0 Å². The van der Waals surface area contributed by atoms with Crippen molar-refractivity contribution in [3.63, 3.8) is 0 Å². The Bertz CT molecular complexity index is 451. The highest BCUT2D eigenvalue weighted by molar-refractivity contribution is 9.10. The van der Waals surface area contributed by atoms with Crippen LogP contribution in [0.15, 0.2) is 16.6 Å². The Hall–Kier alpha value is -1.27. The maximum Gasteiger partial charge on any atom is 0.223 e. The van der Waals surface area contributed by atoms with E-state index < -0.39 is 5.91 Å². The Labute approximate surface area is 120 Å². The number of aliphatic hydroxyl groups excluding tert-OH is 1. The first kappa shape index (κ1) is 15.8. The van der Waals surface area contributed by atoms with Crippen LogP contribution < -0.4 is 15.2 Å². The van der Waals surface area contributed by atoms with Gasteiger partial charge in [0.25, 0.3) is 0 Å². The molecule has 0 aliphatic heterocycles. The topological polar surface area (TPSA) is 81.8 Å². The first-order valence-electron chi connectivity index (χ1n) is 5.97. The van der Waals surface area contributed by atoms with Gasteiger partial charge in [-0.15, -0.1) is 0 Å². The number of nitrogens with two attached hydrogens (primary N) is 1. The molecule has 106 valence electrons. The zero-order valence-electron chi connectivity index (χ0n) is 11.0. The summed E-state index contributed by atoms with van der Waals surface area (Å²) >= 11 is 3.36. The molecule has 1 aromatic carbocycles. The molecule has 0 fully saturated rings. The van der Waals surface area contributed by atoms with Crippen LogP contribution in [0.3, 0.4) is 0 Å². The quantitative estimate of drug-likeness (QED) is 0.798. The van der Waals surface area contributed by atoms with E-state index in [1.165, 1.54) is 0 Å². The molecule has 1 rings (SSSR count). The van der Waals surface area contributed by atoms with Crippen LogP contribution in [-0.4, -0.2) is 24.2 Å². The Kier molecular flexibility index (Phi) is 6.11. The first-order chi connectivity index (χ1) is 8.99. The number of halogens is 1. The molecule has 0 saturated carbocycles. The van der Waals surface area contributed by atoms with Crippen LogP contribution in [0, 0.1) is 5.92 Å². The standard InChI is InChI=1S/C13H18BrNO4/c1-3-18-11-5-9(6-16)4-10(14)12(11)19-7-8(2)13(15)17/h4-5,8,16H,3,6-7H2,1-2H3,(H2,15,17). The molecule has 1 atom stereocenters. The van der Waals surface area contributed by atoms with Gasteiger partial charge in [-0.25, -0.2) is 0 Å². The smallest absolute Gasteiger partial charge is 0.223 e. The average molecular weight is 332 g/mol. The van der Waals surface area contributed by atoms with Crippen LogP contribution in [0.5, 0.6) is 11.5 Å². The summed E-state index contributed by atoms with van der Waals surface area (Å²) in [6.07, 6.45) is 0. The molecule has 1 unspecified atom stereocenters. The summed E-state index contributed by atoms with van der Waals surface area (Å²) in [7, 11) is 0. The van der Waals surface area contributed by atoms with Gasteiger partial charge < -0.3 is 20.3 Å². The molecule has 1 aromatic rings. The number of benzene rings is 1. The summed E-state index contributed by atoms with van der Waals surface area (Å²) in [5.41, 5.74) is 5.90. The number of carbonyl (C=O) groups excluding carboxylic acids is 1. The third kappa shape index (κ3) is 4.40. The molecule has 0 aliphatic rings. The second-order valence-corrected chi connectivity index (χ2v) is 4.96. The molecule has 0 heterocycles.